The second-order valence-corrected chi connectivity index (χ2v) is 14.3. The molecule has 0 unspecified atom stereocenters. The van der Waals surface area contributed by atoms with Crippen LogP contribution in [-0.2, 0) is 5.41 Å². The highest BCUT2D eigenvalue weighted by atomic mass is 15.1. The van der Waals surface area contributed by atoms with E-state index < -0.39 is 0 Å². The molecular weight excluding hydrogens is 605 g/mol. The van der Waals surface area contributed by atoms with Gasteiger partial charge in [0, 0.05) is 38.6 Å². The van der Waals surface area contributed by atoms with Crippen LogP contribution >= 0.6 is 0 Å². The molecule has 0 radical (unpaired) electrons. The van der Waals surface area contributed by atoms with E-state index in [0.29, 0.717) is 0 Å². The average molecular weight is 643 g/mol. The Morgan fingerprint density at radius 3 is 1.74 bits per heavy atom. The number of fused-ring (bicyclic) bond motifs is 5. The highest BCUT2D eigenvalue weighted by Gasteiger charge is 2.24. The van der Waals surface area contributed by atoms with Gasteiger partial charge in [0.15, 0.2) is 0 Å². The minimum absolute atomic E-state index is 0.0206. The standard InChI is InChI=1S/C48H38N2/c1-48(2,3)35-29-34-28-32-16-7-8-17-33(32)30-41(34)42(31-35)38-21-11-14-27-46(38)50(36-18-5-4-6-19-36)45-26-13-10-20-37(45)39-23-15-25-44-47(39)40-22-9-12-24-43(40)49-44/h4-31,49H,1-3H3. The number of hydrogen-bond donors (Lipinski definition) is 1. The number of aromatic amines is 1. The van der Waals surface area contributed by atoms with Gasteiger partial charge < -0.3 is 9.88 Å². The topological polar surface area (TPSA) is 19.0 Å². The van der Waals surface area contributed by atoms with Crippen molar-refractivity contribution in [3.05, 3.63) is 175 Å². The quantitative estimate of drug-likeness (QED) is 0.185. The van der Waals surface area contributed by atoms with Crippen molar-refractivity contribution in [2.75, 3.05) is 4.90 Å². The largest absolute Gasteiger partial charge is 0.354 e. The predicted molar refractivity (Wildman–Crippen MR) is 215 cm³/mol. The van der Waals surface area contributed by atoms with Crippen LogP contribution in [0, 0.1) is 0 Å². The van der Waals surface area contributed by atoms with Crippen molar-refractivity contribution < 1.29 is 0 Å². The Balaban J connectivity index is 1.34. The Morgan fingerprint density at radius 1 is 0.420 bits per heavy atom. The van der Waals surface area contributed by atoms with E-state index in [1.54, 1.807) is 0 Å². The van der Waals surface area contributed by atoms with Gasteiger partial charge in [-0.2, -0.15) is 0 Å². The number of nitrogens with zero attached hydrogens (tertiary/aromatic N) is 1. The SMILES string of the molecule is CC(C)(C)c1cc(-c2ccccc2N(c2ccccc2)c2ccccc2-c2cccc3[nH]c4ccccc4c23)c2cc3ccccc3cc2c1. The van der Waals surface area contributed by atoms with Crippen molar-refractivity contribution in [3.8, 4) is 22.3 Å². The number of para-hydroxylation sites is 4. The summed E-state index contributed by atoms with van der Waals surface area (Å²) in [6.07, 6.45) is 0. The van der Waals surface area contributed by atoms with Crippen LogP contribution in [0.1, 0.15) is 26.3 Å². The summed E-state index contributed by atoms with van der Waals surface area (Å²) in [6.45, 7) is 6.92. The Bertz CT molecular complexity index is 2690. The molecule has 2 heteroatoms. The van der Waals surface area contributed by atoms with Crippen LogP contribution < -0.4 is 4.90 Å². The zero-order chi connectivity index (χ0) is 33.8. The first-order valence-corrected chi connectivity index (χ1v) is 17.4. The van der Waals surface area contributed by atoms with Crippen molar-refractivity contribution in [1.82, 2.24) is 4.98 Å². The number of hydrogen-bond acceptors (Lipinski definition) is 1. The van der Waals surface area contributed by atoms with E-state index in [1.807, 2.05) is 0 Å². The first-order chi connectivity index (χ1) is 24.4. The third-order valence-corrected chi connectivity index (χ3v) is 10.1. The van der Waals surface area contributed by atoms with E-state index in [0.717, 1.165) is 28.1 Å². The number of nitrogens with one attached hydrogen (secondary N) is 1. The molecule has 8 aromatic carbocycles. The smallest absolute Gasteiger partial charge is 0.0540 e. The number of H-pyrrole nitrogens is 1. The van der Waals surface area contributed by atoms with E-state index in [4.69, 9.17) is 0 Å². The normalized spacial score (nSPS) is 11.9. The molecule has 0 spiro atoms. The lowest BCUT2D eigenvalue weighted by Gasteiger charge is -2.30. The predicted octanol–water partition coefficient (Wildman–Crippen LogP) is 13.7. The minimum Gasteiger partial charge on any atom is -0.354 e. The van der Waals surface area contributed by atoms with E-state index in [1.165, 1.54) is 60.1 Å². The van der Waals surface area contributed by atoms with E-state index in [2.05, 4.69) is 201 Å². The third kappa shape index (κ3) is 5.04. The van der Waals surface area contributed by atoms with Crippen LogP contribution in [-0.4, -0.2) is 4.98 Å². The molecule has 1 N–H and O–H groups in total. The molecule has 0 saturated heterocycles. The summed E-state index contributed by atoms with van der Waals surface area (Å²) in [5.41, 5.74) is 11.8. The van der Waals surface area contributed by atoms with Crippen LogP contribution in [0.5, 0.6) is 0 Å². The van der Waals surface area contributed by atoms with Gasteiger partial charge in [-0.05, 0) is 98.2 Å². The maximum atomic E-state index is 3.66. The Kier molecular flexibility index (Phi) is 7.07. The van der Waals surface area contributed by atoms with E-state index >= 15 is 0 Å². The van der Waals surface area contributed by atoms with Crippen LogP contribution in [0.4, 0.5) is 17.1 Å². The first kappa shape index (κ1) is 30.0. The number of benzene rings is 8. The second kappa shape index (κ2) is 11.8. The highest BCUT2D eigenvalue weighted by molar-refractivity contribution is 6.16. The molecule has 50 heavy (non-hydrogen) atoms. The van der Waals surface area contributed by atoms with Crippen LogP contribution in [0.25, 0.3) is 65.6 Å². The molecule has 1 heterocycles. The van der Waals surface area contributed by atoms with Gasteiger partial charge in [-0.1, -0.05) is 136 Å². The summed E-state index contributed by atoms with van der Waals surface area (Å²) >= 11 is 0. The first-order valence-electron chi connectivity index (χ1n) is 17.4. The van der Waals surface area contributed by atoms with Gasteiger partial charge in [0.25, 0.3) is 0 Å². The third-order valence-electron chi connectivity index (χ3n) is 10.1. The fourth-order valence-electron chi connectivity index (χ4n) is 7.61. The molecule has 9 aromatic rings. The summed E-state index contributed by atoms with van der Waals surface area (Å²) in [6, 6.07) is 62.1. The highest BCUT2D eigenvalue weighted by Crippen LogP contribution is 2.48. The van der Waals surface area contributed by atoms with Gasteiger partial charge in [-0.3, -0.25) is 0 Å². The van der Waals surface area contributed by atoms with Crippen molar-refractivity contribution in [2.45, 2.75) is 26.2 Å². The van der Waals surface area contributed by atoms with Crippen LogP contribution in [0.15, 0.2) is 170 Å². The monoisotopic (exact) mass is 642 g/mol. The lowest BCUT2D eigenvalue weighted by atomic mass is 9.82. The number of aromatic nitrogens is 1. The van der Waals surface area contributed by atoms with Crippen molar-refractivity contribution in [1.29, 1.82) is 0 Å². The van der Waals surface area contributed by atoms with Crippen LogP contribution in [0.3, 0.4) is 0 Å². The second-order valence-electron chi connectivity index (χ2n) is 14.3. The summed E-state index contributed by atoms with van der Waals surface area (Å²) in [5, 5.41) is 7.51. The molecule has 0 aliphatic rings. The van der Waals surface area contributed by atoms with Crippen molar-refractivity contribution in [3.63, 3.8) is 0 Å². The molecule has 0 fully saturated rings. The molecule has 1 aromatic heterocycles. The molecule has 240 valence electrons. The molecule has 0 amide bonds. The van der Waals surface area contributed by atoms with Gasteiger partial charge in [-0.15, -0.1) is 0 Å². The van der Waals surface area contributed by atoms with E-state index in [-0.39, 0.29) is 5.41 Å². The molecule has 9 rings (SSSR count). The zero-order valence-corrected chi connectivity index (χ0v) is 28.6. The molecule has 0 bridgehead atoms. The maximum absolute atomic E-state index is 3.66. The van der Waals surface area contributed by atoms with Crippen molar-refractivity contribution in [2.24, 2.45) is 0 Å². The summed E-state index contributed by atoms with van der Waals surface area (Å²) in [7, 11) is 0. The lowest BCUT2D eigenvalue weighted by molar-refractivity contribution is 0.591. The average Bonchev–Trinajstić information content (AvgIpc) is 3.53. The fraction of sp³-hybridized carbons (Fsp3) is 0.0833. The molecule has 0 saturated carbocycles. The molecule has 0 atom stereocenters. The molecule has 0 aliphatic carbocycles. The summed E-state index contributed by atoms with van der Waals surface area (Å²) < 4.78 is 0. The van der Waals surface area contributed by atoms with Crippen LogP contribution in [0.2, 0.25) is 0 Å². The molecular formula is C48H38N2. The van der Waals surface area contributed by atoms with Gasteiger partial charge in [0.2, 0.25) is 0 Å². The number of rotatable bonds is 5. The summed E-state index contributed by atoms with van der Waals surface area (Å²) in [4.78, 5) is 6.12. The Labute approximate surface area is 293 Å². The van der Waals surface area contributed by atoms with E-state index in [9.17, 15) is 0 Å². The summed E-state index contributed by atoms with van der Waals surface area (Å²) in [5.74, 6) is 0. The van der Waals surface area contributed by atoms with Gasteiger partial charge in [0.05, 0.1) is 11.4 Å². The molecule has 0 aliphatic heterocycles. The fourth-order valence-corrected chi connectivity index (χ4v) is 7.61. The zero-order valence-electron chi connectivity index (χ0n) is 28.6. The van der Waals surface area contributed by atoms with Gasteiger partial charge in [-0.25, -0.2) is 0 Å². The maximum Gasteiger partial charge on any atom is 0.0540 e. The minimum atomic E-state index is -0.0206. The lowest BCUT2D eigenvalue weighted by Crippen LogP contribution is -2.13. The molecule has 2 nitrogen and oxygen atoms in total. The Morgan fingerprint density at radius 2 is 1.00 bits per heavy atom. The number of anilines is 3. The Hall–Kier alpha value is -6.12. The van der Waals surface area contributed by atoms with Gasteiger partial charge >= 0.3 is 0 Å². The van der Waals surface area contributed by atoms with Gasteiger partial charge in [0.1, 0.15) is 0 Å². The van der Waals surface area contributed by atoms with Crippen molar-refractivity contribution >= 4 is 60.4 Å².